The molecule has 0 amide bonds. The fraction of sp³-hybridized carbons (Fsp3) is 0.800. The van der Waals surface area contributed by atoms with Crippen LogP contribution >= 0.6 is 0 Å². The lowest BCUT2D eigenvalue weighted by molar-refractivity contribution is -0.147. The maximum Gasteiger partial charge on any atom is 0.305 e. The van der Waals surface area contributed by atoms with Crippen LogP contribution in [0.5, 0.6) is 0 Å². The highest BCUT2D eigenvalue weighted by atomic mass is 16.5. The summed E-state index contributed by atoms with van der Waals surface area (Å²) in [5.74, 6) is -0.287. The molecule has 0 aliphatic rings. The van der Waals surface area contributed by atoms with Crippen LogP contribution in [-0.4, -0.2) is 35.5 Å². The van der Waals surface area contributed by atoms with Gasteiger partial charge < -0.3 is 14.9 Å². The number of carbonyl (C=O) groups is 1. The Morgan fingerprint density at radius 3 is 1.83 bits per heavy atom. The maximum atomic E-state index is 11.4. The minimum absolute atomic E-state index is 0.111. The van der Waals surface area contributed by atoms with Gasteiger partial charge in [0.1, 0.15) is 12.7 Å². The van der Waals surface area contributed by atoms with Crippen molar-refractivity contribution in [3.8, 4) is 0 Å². The molecule has 1 atom stereocenters. The lowest BCUT2D eigenvalue weighted by Gasteiger charge is -2.08. The van der Waals surface area contributed by atoms with Gasteiger partial charge in [0.15, 0.2) is 0 Å². The van der Waals surface area contributed by atoms with Gasteiger partial charge in [-0.2, -0.15) is 0 Å². The van der Waals surface area contributed by atoms with Gasteiger partial charge in [0.2, 0.25) is 0 Å². The van der Waals surface area contributed by atoms with Crippen LogP contribution in [-0.2, 0) is 9.53 Å². The Balaban J connectivity index is 0. The number of unbranched alkanes of at least 4 members (excludes halogenated alkanes) is 11. The summed E-state index contributed by atoms with van der Waals surface area (Å²) in [4.78, 5) is 11.4. The van der Waals surface area contributed by atoms with Gasteiger partial charge >= 0.3 is 5.97 Å². The summed E-state index contributed by atoms with van der Waals surface area (Å²) in [6.45, 7) is 9.27. The van der Waals surface area contributed by atoms with Crippen molar-refractivity contribution in [1.29, 1.82) is 0 Å². The number of ether oxygens (including phenoxy) is 1. The average Bonchev–Trinajstić information content (AvgIpc) is 2.68. The van der Waals surface area contributed by atoms with Crippen molar-refractivity contribution < 1.29 is 19.7 Å². The number of carbonyl (C=O) groups excluding carboxylic acids is 1. The SMILES string of the molecule is C=C(C)C.CCCCCCCC/C=C\CCCCCCCC(=O)OCC(O)CO. The second kappa shape index (κ2) is 24.9. The van der Waals surface area contributed by atoms with Crippen molar-refractivity contribution in [3.05, 3.63) is 24.3 Å². The van der Waals surface area contributed by atoms with Crippen LogP contribution in [0.2, 0.25) is 0 Å². The number of allylic oxidation sites excluding steroid dienone is 3. The number of aliphatic hydroxyl groups is 2. The molecule has 0 aliphatic heterocycles. The van der Waals surface area contributed by atoms with E-state index in [2.05, 4.69) is 25.7 Å². The smallest absolute Gasteiger partial charge is 0.305 e. The summed E-state index contributed by atoms with van der Waals surface area (Å²) >= 11 is 0. The van der Waals surface area contributed by atoms with E-state index in [1.807, 2.05) is 13.8 Å². The van der Waals surface area contributed by atoms with Crippen molar-refractivity contribution in [2.75, 3.05) is 13.2 Å². The molecule has 2 N–H and O–H groups in total. The molecule has 0 saturated heterocycles. The van der Waals surface area contributed by atoms with Crippen LogP contribution in [0.3, 0.4) is 0 Å². The zero-order chi connectivity index (χ0) is 22.2. The monoisotopic (exact) mass is 412 g/mol. The highest BCUT2D eigenvalue weighted by Crippen LogP contribution is 2.10. The molecule has 4 heteroatoms. The Kier molecular flexibility index (Phi) is 25.8. The highest BCUT2D eigenvalue weighted by Gasteiger charge is 2.07. The van der Waals surface area contributed by atoms with Gasteiger partial charge in [0.25, 0.3) is 0 Å². The first-order valence-electron chi connectivity index (χ1n) is 11.7. The summed E-state index contributed by atoms with van der Waals surface area (Å²) < 4.78 is 4.86. The quantitative estimate of drug-likeness (QED) is 0.153. The first kappa shape index (κ1) is 30.1. The van der Waals surface area contributed by atoms with Crippen LogP contribution in [0.15, 0.2) is 24.3 Å². The molecule has 0 spiro atoms. The molecule has 0 aromatic rings. The first-order valence-corrected chi connectivity index (χ1v) is 11.7. The van der Waals surface area contributed by atoms with E-state index in [0.29, 0.717) is 6.42 Å². The van der Waals surface area contributed by atoms with Gasteiger partial charge in [-0.05, 0) is 46.0 Å². The molecule has 0 fully saturated rings. The average molecular weight is 413 g/mol. The number of hydrogen-bond donors (Lipinski definition) is 2. The zero-order valence-corrected chi connectivity index (χ0v) is 19.5. The second-order valence-corrected chi connectivity index (χ2v) is 8.06. The molecule has 0 rings (SSSR count). The van der Waals surface area contributed by atoms with Gasteiger partial charge in [-0.1, -0.05) is 76.0 Å². The Hall–Kier alpha value is -1.13. The molecule has 0 bridgehead atoms. The third-order valence-corrected chi connectivity index (χ3v) is 4.29. The predicted octanol–water partition coefficient (Wildman–Crippen LogP) is 6.50. The Morgan fingerprint density at radius 2 is 1.34 bits per heavy atom. The molecule has 0 radical (unpaired) electrons. The lowest BCUT2D eigenvalue weighted by atomic mass is 10.1. The Bertz CT molecular complexity index is 386. The number of hydrogen-bond acceptors (Lipinski definition) is 4. The molecule has 1 unspecified atom stereocenters. The van der Waals surface area contributed by atoms with Crippen molar-refractivity contribution in [2.45, 2.75) is 117 Å². The molecule has 4 nitrogen and oxygen atoms in total. The molecule has 29 heavy (non-hydrogen) atoms. The molecule has 0 aromatic heterocycles. The lowest BCUT2D eigenvalue weighted by Crippen LogP contribution is -2.21. The molecule has 0 saturated carbocycles. The van der Waals surface area contributed by atoms with Crippen LogP contribution < -0.4 is 0 Å². The van der Waals surface area contributed by atoms with E-state index in [0.717, 1.165) is 25.7 Å². The van der Waals surface area contributed by atoms with E-state index in [1.54, 1.807) is 0 Å². The molecule has 0 heterocycles. The van der Waals surface area contributed by atoms with E-state index < -0.39 is 6.10 Å². The maximum absolute atomic E-state index is 11.4. The summed E-state index contributed by atoms with van der Waals surface area (Å²) in [6.07, 6.45) is 20.1. The largest absolute Gasteiger partial charge is 0.463 e. The summed E-state index contributed by atoms with van der Waals surface area (Å²) in [5.41, 5.74) is 1.17. The first-order chi connectivity index (χ1) is 13.9. The molecular formula is C25H48O4. The zero-order valence-electron chi connectivity index (χ0n) is 19.5. The second-order valence-electron chi connectivity index (χ2n) is 8.06. The van der Waals surface area contributed by atoms with Crippen molar-refractivity contribution >= 4 is 5.97 Å². The van der Waals surface area contributed by atoms with E-state index in [1.165, 1.54) is 63.4 Å². The van der Waals surface area contributed by atoms with E-state index in [9.17, 15) is 4.79 Å². The normalized spacial score (nSPS) is 11.8. The molecule has 172 valence electrons. The van der Waals surface area contributed by atoms with Gasteiger partial charge in [-0.3, -0.25) is 4.79 Å². The molecule has 0 aliphatic carbocycles. The van der Waals surface area contributed by atoms with Crippen LogP contribution in [0, 0.1) is 0 Å². The summed E-state index contributed by atoms with van der Waals surface area (Å²) in [7, 11) is 0. The van der Waals surface area contributed by atoms with Gasteiger partial charge in [0.05, 0.1) is 6.61 Å². The van der Waals surface area contributed by atoms with Crippen molar-refractivity contribution in [3.63, 3.8) is 0 Å². The van der Waals surface area contributed by atoms with E-state index >= 15 is 0 Å². The van der Waals surface area contributed by atoms with Crippen molar-refractivity contribution in [1.82, 2.24) is 0 Å². The topological polar surface area (TPSA) is 66.8 Å². The van der Waals surface area contributed by atoms with Gasteiger partial charge in [-0.25, -0.2) is 0 Å². The molecular weight excluding hydrogens is 364 g/mol. The number of rotatable bonds is 18. The Morgan fingerprint density at radius 1 is 0.897 bits per heavy atom. The van der Waals surface area contributed by atoms with E-state index in [4.69, 9.17) is 14.9 Å². The van der Waals surface area contributed by atoms with Gasteiger partial charge in [-0.15, -0.1) is 6.58 Å². The number of esters is 1. The van der Waals surface area contributed by atoms with Crippen LogP contribution in [0.25, 0.3) is 0 Å². The minimum Gasteiger partial charge on any atom is -0.463 e. The third kappa shape index (κ3) is 31.8. The molecule has 0 aromatic carbocycles. The minimum atomic E-state index is -0.960. The fourth-order valence-corrected chi connectivity index (χ4v) is 2.65. The fourth-order valence-electron chi connectivity index (χ4n) is 2.65. The van der Waals surface area contributed by atoms with E-state index in [-0.39, 0.29) is 19.2 Å². The Labute approximate surface area is 180 Å². The van der Waals surface area contributed by atoms with Crippen LogP contribution in [0.1, 0.15) is 111 Å². The predicted molar refractivity (Wildman–Crippen MR) is 124 cm³/mol. The van der Waals surface area contributed by atoms with Crippen LogP contribution in [0.4, 0.5) is 0 Å². The number of aliphatic hydroxyl groups excluding tert-OH is 2. The van der Waals surface area contributed by atoms with Gasteiger partial charge in [0, 0.05) is 6.42 Å². The summed E-state index contributed by atoms with van der Waals surface area (Å²) in [5, 5.41) is 17.7. The highest BCUT2D eigenvalue weighted by molar-refractivity contribution is 5.69. The third-order valence-electron chi connectivity index (χ3n) is 4.29. The summed E-state index contributed by atoms with van der Waals surface area (Å²) in [6, 6.07) is 0. The standard InChI is InChI=1S/C21H40O4.C4H8/c1-2-3-4-5-6-7-8-9-10-11-12-13-14-15-16-17-21(24)25-19-20(23)18-22;1-4(2)3/h9-10,20,22-23H,2-8,11-19H2,1H3;1H2,2-3H3/b10-9-;. The van der Waals surface area contributed by atoms with Crippen molar-refractivity contribution in [2.24, 2.45) is 0 Å².